The van der Waals surface area contributed by atoms with Gasteiger partial charge in [-0.2, -0.15) is 0 Å². The number of nitrogens with one attached hydrogen (secondary N) is 1. The molecule has 204 valence electrons. The summed E-state index contributed by atoms with van der Waals surface area (Å²) in [4.78, 5) is 50.0. The van der Waals surface area contributed by atoms with Gasteiger partial charge in [-0.15, -0.1) is 0 Å². The highest BCUT2D eigenvalue weighted by Gasteiger charge is 2.35. The number of rotatable bonds is 7. The normalized spacial score (nSPS) is 16.3. The number of imidazole rings is 1. The lowest BCUT2D eigenvalue weighted by Crippen LogP contribution is -2.52. The molecule has 12 nitrogen and oxygen atoms in total. The Morgan fingerprint density at radius 2 is 1.80 bits per heavy atom. The molecule has 2 aromatic carbocycles. The number of fused-ring (bicyclic) bond motifs is 1. The minimum atomic E-state index is -0.310. The zero-order valence-electron chi connectivity index (χ0n) is 21.6. The van der Waals surface area contributed by atoms with Gasteiger partial charge in [0.25, 0.3) is 0 Å². The minimum Gasteiger partial charge on any atom is -0.457 e. The zero-order valence-corrected chi connectivity index (χ0v) is 21.6. The smallest absolute Gasteiger partial charge is 0.335 e. The standard InChI is InChI=1S/C28H28N8O4/c29-26-25-27(32-18-31-26)36(20-15-34(16-20)24(38)7-4-13-33-14-12-30-23(37)17-33)28(39)35(25)19-8-10-22(11-9-19)40-21-5-2-1-3-6-21/h1-11,18,20H,12-17H2,(H,30,37)(H2,29,31,32)/b7-4+. The van der Waals surface area contributed by atoms with Crippen LogP contribution < -0.4 is 21.5 Å². The average Bonchev–Trinajstić information content (AvgIpc) is 3.22. The van der Waals surface area contributed by atoms with Crippen molar-refractivity contribution in [1.82, 2.24) is 34.2 Å². The molecule has 4 heterocycles. The van der Waals surface area contributed by atoms with Crippen LogP contribution in [0.1, 0.15) is 6.04 Å². The van der Waals surface area contributed by atoms with Gasteiger partial charge in [0.1, 0.15) is 23.3 Å². The first kappa shape index (κ1) is 25.3. The first-order valence-electron chi connectivity index (χ1n) is 13.0. The molecular formula is C28H28N8O4. The summed E-state index contributed by atoms with van der Waals surface area (Å²) in [6, 6.07) is 16.3. The van der Waals surface area contributed by atoms with Crippen LogP contribution in [0.5, 0.6) is 11.5 Å². The number of hydrogen-bond acceptors (Lipinski definition) is 8. The van der Waals surface area contributed by atoms with Gasteiger partial charge in [0.05, 0.1) is 18.3 Å². The minimum absolute atomic E-state index is 0.0120. The van der Waals surface area contributed by atoms with Crippen molar-refractivity contribution < 1.29 is 14.3 Å². The van der Waals surface area contributed by atoms with E-state index in [1.165, 1.54) is 17.0 Å². The zero-order chi connectivity index (χ0) is 27.6. The third kappa shape index (κ3) is 4.92. The summed E-state index contributed by atoms with van der Waals surface area (Å²) < 4.78 is 8.96. The van der Waals surface area contributed by atoms with Crippen molar-refractivity contribution in [3.63, 3.8) is 0 Å². The van der Waals surface area contributed by atoms with E-state index in [0.717, 1.165) is 6.54 Å². The quantitative estimate of drug-likeness (QED) is 0.335. The summed E-state index contributed by atoms with van der Waals surface area (Å²) in [5.41, 5.74) is 7.33. The molecule has 0 radical (unpaired) electrons. The van der Waals surface area contributed by atoms with Crippen LogP contribution in [0.15, 0.2) is 77.9 Å². The van der Waals surface area contributed by atoms with E-state index in [1.807, 2.05) is 35.2 Å². The van der Waals surface area contributed by atoms with Gasteiger partial charge in [-0.1, -0.05) is 24.3 Å². The summed E-state index contributed by atoms with van der Waals surface area (Å²) in [7, 11) is 0. The van der Waals surface area contributed by atoms with Crippen LogP contribution in [-0.4, -0.2) is 80.0 Å². The van der Waals surface area contributed by atoms with E-state index in [0.29, 0.717) is 61.1 Å². The second-order valence-corrected chi connectivity index (χ2v) is 9.71. The van der Waals surface area contributed by atoms with E-state index < -0.39 is 0 Å². The van der Waals surface area contributed by atoms with E-state index in [-0.39, 0.29) is 29.4 Å². The molecule has 0 aliphatic carbocycles. The lowest BCUT2D eigenvalue weighted by Gasteiger charge is -2.38. The Morgan fingerprint density at radius 1 is 1.05 bits per heavy atom. The van der Waals surface area contributed by atoms with E-state index in [2.05, 4.69) is 15.3 Å². The Labute approximate surface area is 229 Å². The van der Waals surface area contributed by atoms with Crippen LogP contribution in [0.3, 0.4) is 0 Å². The number of nitrogens with zero attached hydrogens (tertiary/aromatic N) is 6. The first-order valence-corrected chi connectivity index (χ1v) is 13.0. The number of nitrogens with two attached hydrogens (primary N) is 1. The Balaban J connectivity index is 1.19. The number of nitrogen functional groups attached to an aromatic ring is 1. The maximum atomic E-state index is 13.7. The molecule has 2 saturated heterocycles. The molecule has 2 fully saturated rings. The number of carbonyl (C=O) groups excluding carboxylic acids is 2. The molecule has 0 saturated carbocycles. The van der Waals surface area contributed by atoms with Crippen LogP contribution >= 0.6 is 0 Å². The number of hydrogen-bond donors (Lipinski definition) is 2. The Kier molecular flexibility index (Phi) is 6.74. The second kappa shape index (κ2) is 10.7. The van der Waals surface area contributed by atoms with Gasteiger partial charge in [0, 0.05) is 38.8 Å². The molecule has 0 spiro atoms. The molecule has 2 aliphatic rings. The summed E-state index contributed by atoms with van der Waals surface area (Å²) in [6.07, 6.45) is 4.62. The van der Waals surface area contributed by atoms with Gasteiger partial charge in [0.2, 0.25) is 11.8 Å². The molecule has 12 heteroatoms. The third-order valence-corrected chi connectivity index (χ3v) is 7.03. The van der Waals surface area contributed by atoms with Crippen molar-refractivity contribution in [3.05, 3.63) is 83.6 Å². The average molecular weight is 541 g/mol. The number of anilines is 1. The summed E-state index contributed by atoms with van der Waals surface area (Å²) >= 11 is 0. The number of amides is 2. The molecule has 4 aromatic rings. The predicted octanol–water partition coefficient (Wildman–Crippen LogP) is 1.33. The highest BCUT2D eigenvalue weighted by atomic mass is 16.5. The molecule has 40 heavy (non-hydrogen) atoms. The number of benzene rings is 2. The lowest BCUT2D eigenvalue weighted by atomic mass is 10.1. The van der Waals surface area contributed by atoms with Gasteiger partial charge in [-0.05, 0) is 36.4 Å². The van der Waals surface area contributed by atoms with Crippen molar-refractivity contribution in [3.8, 4) is 17.2 Å². The summed E-state index contributed by atoms with van der Waals surface area (Å²) in [6.45, 7) is 2.93. The number of likely N-dealkylation sites (tertiary alicyclic amines) is 1. The predicted molar refractivity (Wildman–Crippen MR) is 148 cm³/mol. The van der Waals surface area contributed by atoms with Crippen LogP contribution in [-0.2, 0) is 9.59 Å². The van der Waals surface area contributed by atoms with Gasteiger partial charge in [-0.3, -0.25) is 23.6 Å². The monoisotopic (exact) mass is 540 g/mol. The Morgan fingerprint density at radius 3 is 2.55 bits per heavy atom. The topological polar surface area (TPSA) is 141 Å². The SMILES string of the molecule is Nc1ncnc2c1n(-c1ccc(Oc3ccccc3)cc1)c(=O)n2C1CN(C(=O)/C=C/CN2CCNC(=O)C2)C1. The van der Waals surface area contributed by atoms with Crippen LogP contribution in [0.4, 0.5) is 5.82 Å². The van der Waals surface area contributed by atoms with Crippen molar-refractivity contribution in [1.29, 1.82) is 0 Å². The molecular weight excluding hydrogens is 512 g/mol. The van der Waals surface area contributed by atoms with Crippen LogP contribution in [0.25, 0.3) is 16.9 Å². The van der Waals surface area contributed by atoms with Gasteiger partial charge >= 0.3 is 5.69 Å². The Hall–Kier alpha value is -4.97. The maximum absolute atomic E-state index is 13.7. The molecule has 2 aromatic heterocycles. The molecule has 3 N–H and O–H groups in total. The molecule has 6 rings (SSSR count). The second-order valence-electron chi connectivity index (χ2n) is 9.71. The van der Waals surface area contributed by atoms with Crippen molar-refractivity contribution in [2.24, 2.45) is 0 Å². The highest BCUT2D eigenvalue weighted by molar-refractivity contribution is 5.88. The van der Waals surface area contributed by atoms with Gasteiger partial charge < -0.3 is 20.7 Å². The fourth-order valence-corrected chi connectivity index (χ4v) is 4.98. The number of para-hydroxylation sites is 1. The highest BCUT2D eigenvalue weighted by Crippen LogP contribution is 2.28. The number of piperazine rings is 1. The van der Waals surface area contributed by atoms with Crippen molar-refractivity contribution in [2.75, 3.05) is 45.0 Å². The van der Waals surface area contributed by atoms with E-state index in [1.54, 1.807) is 39.8 Å². The van der Waals surface area contributed by atoms with Crippen LogP contribution in [0, 0.1) is 0 Å². The Bertz CT molecular complexity index is 1640. The van der Waals surface area contributed by atoms with E-state index in [4.69, 9.17) is 10.5 Å². The summed E-state index contributed by atoms with van der Waals surface area (Å²) in [5, 5.41) is 2.78. The fraction of sp³-hybridized carbons (Fsp3) is 0.250. The molecule has 2 aliphatic heterocycles. The fourth-order valence-electron chi connectivity index (χ4n) is 4.98. The van der Waals surface area contributed by atoms with Gasteiger partial charge in [-0.25, -0.2) is 14.8 Å². The van der Waals surface area contributed by atoms with E-state index >= 15 is 0 Å². The number of ether oxygens (including phenoxy) is 1. The van der Waals surface area contributed by atoms with Crippen molar-refractivity contribution >= 4 is 28.8 Å². The molecule has 0 bridgehead atoms. The lowest BCUT2D eigenvalue weighted by molar-refractivity contribution is -0.131. The van der Waals surface area contributed by atoms with Crippen LogP contribution in [0.2, 0.25) is 0 Å². The summed E-state index contributed by atoms with van der Waals surface area (Å²) in [5.74, 6) is 1.37. The largest absolute Gasteiger partial charge is 0.457 e. The third-order valence-electron chi connectivity index (χ3n) is 7.03. The van der Waals surface area contributed by atoms with E-state index in [9.17, 15) is 14.4 Å². The molecule has 2 amide bonds. The molecule has 0 atom stereocenters. The molecule has 0 unspecified atom stereocenters. The number of carbonyl (C=O) groups is 2. The first-order chi connectivity index (χ1) is 19.5. The van der Waals surface area contributed by atoms with Gasteiger partial charge in [0.15, 0.2) is 11.5 Å². The maximum Gasteiger partial charge on any atom is 0.335 e. The van der Waals surface area contributed by atoms with Crippen molar-refractivity contribution in [2.45, 2.75) is 6.04 Å². The number of aromatic nitrogens is 4.